The van der Waals surface area contributed by atoms with E-state index >= 15 is 0 Å². The highest BCUT2D eigenvalue weighted by molar-refractivity contribution is 5.59. The summed E-state index contributed by atoms with van der Waals surface area (Å²) in [5, 5.41) is 13.4. The Balaban J connectivity index is 1.41. The van der Waals surface area contributed by atoms with Crippen LogP contribution in [0.1, 0.15) is 44.6 Å². The Bertz CT molecular complexity index is 733. The summed E-state index contributed by atoms with van der Waals surface area (Å²) in [5.41, 5.74) is 3.08. The Hall–Kier alpha value is -1.95. The second kappa shape index (κ2) is 7.97. The molecule has 4 heterocycles. The van der Waals surface area contributed by atoms with Crippen molar-refractivity contribution in [3.05, 3.63) is 23.9 Å². The monoisotopic (exact) mass is 368 g/mol. The summed E-state index contributed by atoms with van der Waals surface area (Å²) < 4.78 is 1.87. The van der Waals surface area contributed by atoms with Gasteiger partial charge in [0.2, 0.25) is 0 Å². The number of nitrogens with zero attached hydrogens (tertiary/aromatic N) is 6. The molecule has 0 bridgehead atoms. The first kappa shape index (κ1) is 18.4. The lowest BCUT2D eigenvalue weighted by Crippen LogP contribution is -2.36. The van der Waals surface area contributed by atoms with E-state index in [1.807, 2.05) is 17.9 Å². The molecule has 2 unspecified atom stereocenters. The summed E-state index contributed by atoms with van der Waals surface area (Å²) in [5.74, 6) is 1.82. The van der Waals surface area contributed by atoms with Gasteiger partial charge in [0.1, 0.15) is 5.69 Å². The van der Waals surface area contributed by atoms with Gasteiger partial charge >= 0.3 is 0 Å². The standard InChI is InChI=1S/C21H32N6/c1-4-5-6-7-11-26-14-17-10-12-27(19(17)15-26)20-9-8-18(23-24-20)21-16(2)13-22-25(21)3/h8-9,13,17,19H,4-7,10-12,14-15H2,1-3H3. The molecule has 2 aromatic heterocycles. The molecule has 146 valence electrons. The minimum absolute atomic E-state index is 0.606. The number of unbranched alkanes of at least 4 members (excludes halogenated alkanes) is 3. The number of hydrogen-bond acceptors (Lipinski definition) is 5. The molecular weight excluding hydrogens is 336 g/mol. The Labute approximate surface area is 162 Å². The van der Waals surface area contributed by atoms with Crippen molar-refractivity contribution in [3.8, 4) is 11.4 Å². The van der Waals surface area contributed by atoms with Crippen LogP contribution in [-0.2, 0) is 7.05 Å². The third-order valence-corrected chi connectivity index (χ3v) is 6.26. The molecule has 2 saturated heterocycles. The fourth-order valence-corrected chi connectivity index (χ4v) is 4.80. The average molecular weight is 369 g/mol. The topological polar surface area (TPSA) is 50.1 Å². The maximum atomic E-state index is 4.59. The molecule has 0 spiro atoms. The molecule has 0 radical (unpaired) electrons. The molecule has 6 nitrogen and oxygen atoms in total. The third kappa shape index (κ3) is 3.72. The van der Waals surface area contributed by atoms with Crippen molar-refractivity contribution in [3.63, 3.8) is 0 Å². The number of aryl methyl sites for hydroxylation is 2. The summed E-state index contributed by atoms with van der Waals surface area (Å²) in [6, 6.07) is 4.84. The Kier molecular flexibility index (Phi) is 5.43. The first-order chi connectivity index (χ1) is 13.2. The maximum absolute atomic E-state index is 4.59. The number of anilines is 1. The van der Waals surface area contributed by atoms with Crippen LogP contribution in [0.3, 0.4) is 0 Å². The smallest absolute Gasteiger partial charge is 0.151 e. The van der Waals surface area contributed by atoms with Crippen LogP contribution < -0.4 is 4.90 Å². The van der Waals surface area contributed by atoms with Crippen LogP contribution in [0.5, 0.6) is 0 Å². The van der Waals surface area contributed by atoms with Gasteiger partial charge in [-0.15, -0.1) is 10.2 Å². The first-order valence-corrected chi connectivity index (χ1v) is 10.5. The van der Waals surface area contributed by atoms with Gasteiger partial charge in [-0.2, -0.15) is 5.10 Å². The number of rotatable bonds is 7. The first-order valence-electron chi connectivity index (χ1n) is 10.5. The van der Waals surface area contributed by atoms with Gasteiger partial charge in [0, 0.05) is 32.7 Å². The van der Waals surface area contributed by atoms with E-state index < -0.39 is 0 Å². The zero-order valence-electron chi connectivity index (χ0n) is 16.9. The normalized spacial score (nSPS) is 22.6. The summed E-state index contributed by atoms with van der Waals surface area (Å²) >= 11 is 0. The molecule has 0 saturated carbocycles. The van der Waals surface area contributed by atoms with Crippen molar-refractivity contribution in [1.82, 2.24) is 24.9 Å². The van der Waals surface area contributed by atoms with Crippen molar-refractivity contribution in [1.29, 1.82) is 0 Å². The molecule has 27 heavy (non-hydrogen) atoms. The molecule has 2 aliphatic heterocycles. The summed E-state index contributed by atoms with van der Waals surface area (Å²) in [6.07, 6.45) is 8.54. The lowest BCUT2D eigenvalue weighted by Gasteiger charge is -2.25. The van der Waals surface area contributed by atoms with Crippen molar-refractivity contribution in [2.75, 3.05) is 31.1 Å². The number of likely N-dealkylation sites (tertiary alicyclic amines) is 1. The van der Waals surface area contributed by atoms with Gasteiger partial charge in [0.15, 0.2) is 5.82 Å². The highest BCUT2D eigenvalue weighted by Crippen LogP contribution is 2.34. The Morgan fingerprint density at radius 1 is 1.11 bits per heavy atom. The molecule has 2 aliphatic rings. The molecule has 2 atom stereocenters. The lowest BCUT2D eigenvalue weighted by molar-refractivity contribution is 0.308. The van der Waals surface area contributed by atoms with E-state index in [1.165, 1.54) is 51.7 Å². The van der Waals surface area contributed by atoms with Crippen LogP contribution in [0.2, 0.25) is 0 Å². The van der Waals surface area contributed by atoms with Crippen LogP contribution in [0.4, 0.5) is 5.82 Å². The zero-order chi connectivity index (χ0) is 18.8. The van der Waals surface area contributed by atoms with E-state index in [0.717, 1.165) is 35.2 Å². The molecule has 2 aromatic rings. The quantitative estimate of drug-likeness (QED) is 0.702. The van der Waals surface area contributed by atoms with E-state index in [9.17, 15) is 0 Å². The number of fused-ring (bicyclic) bond motifs is 1. The van der Waals surface area contributed by atoms with Crippen molar-refractivity contribution in [2.45, 2.75) is 52.0 Å². The van der Waals surface area contributed by atoms with Gasteiger partial charge in [-0.1, -0.05) is 26.2 Å². The molecule has 0 aliphatic carbocycles. The molecular formula is C21H32N6. The van der Waals surface area contributed by atoms with Crippen LogP contribution in [0, 0.1) is 12.8 Å². The fraction of sp³-hybridized carbons (Fsp3) is 0.667. The van der Waals surface area contributed by atoms with Crippen LogP contribution in [-0.4, -0.2) is 57.1 Å². The fourth-order valence-electron chi connectivity index (χ4n) is 4.80. The molecule has 0 amide bonds. The molecule has 6 heteroatoms. The van der Waals surface area contributed by atoms with Crippen LogP contribution in [0.25, 0.3) is 11.4 Å². The van der Waals surface area contributed by atoms with Crippen LogP contribution >= 0.6 is 0 Å². The minimum Gasteiger partial charge on any atom is -0.351 e. The molecule has 0 aromatic carbocycles. The van der Waals surface area contributed by atoms with Crippen molar-refractivity contribution < 1.29 is 0 Å². The predicted octanol–water partition coefficient (Wildman–Crippen LogP) is 3.28. The van der Waals surface area contributed by atoms with Crippen LogP contribution in [0.15, 0.2) is 18.3 Å². The molecule has 4 rings (SSSR count). The third-order valence-electron chi connectivity index (χ3n) is 6.26. The maximum Gasteiger partial charge on any atom is 0.151 e. The van der Waals surface area contributed by atoms with E-state index in [-0.39, 0.29) is 0 Å². The van der Waals surface area contributed by atoms with E-state index in [4.69, 9.17) is 0 Å². The highest BCUT2D eigenvalue weighted by atomic mass is 15.3. The van der Waals surface area contributed by atoms with Gasteiger partial charge in [-0.05, 0) is 49.9 Å². The largest absolute Gasteiger partial charge is 0.351 e. The summed E-state index contributed by atoms with van der Waals surface area (Å²) in [4.78, 5) is 5.15. The Morgan fingerprint density at radius 2 is 2.00 bits per heavy atom. The van der Waals surface area contributed by atoms with Crippen molar-refractivity contribution in [2.24, 2.45) is 13.0 Å². The second-order valence-corrected chi connectivity index (χ2v) is 8.21. The Morgan fingerprint density at radius 3 is 2.70 bits per heavy atom. The molecule has 2 fully saturated rings. The lowest BCUT2D eigenvalue weighted by atomic mass is 10.1. The SMILES string of the molecule is CCCCCCN1CC2CCN(c3ccc(-c4c(C)cnn4C)nn3)C2C1. The van der Waals surface area contributed by atoms with E-state index in [2.05, 4.69) is 51.1 Å². The highest BCUT2D eigenvalue weighted by Gasteiger charge is 2.41. The van der Waals surface area contributed by atoms with E-state index in [0.29, 0.717) is 6.04 Å². The zero-order valence-corrected chi connectivity index (χ0v) is 16.9. The van der Waals surface area contributed by atoms with Crippen molar-refractivity contribution >= 4 is 5.82 Å². The molecule has 0 N–H and O–H groups in total. The predicted molar refractivity (Wildman–Crippen MR) is 109 cm³/mol. The number of aromatic nitrogens is 4. The van der Waals surface area contributed by atoms with Gasteiger partial charge in [-0.25, -0.2) is 0 Å². The van der Waals surface area contributed by atoms with Gasteiger partial charge in [0.25, 0.3) is 0 Å². The van der Waals surface area contributed by atoms with Gasteiger partial charge < -0.3 is 9.80 Å². The van der Waals surface area contributed by atoms with Gasteiger partial charge in [0.05, 0.1) is 11.9 Å². The summed E-state index contributed by atoms with van der Waals surface area (Å²) in [7, 11) is 1.95. The second-order valence-electron chi connectivity index (χ2n) is 8.21. The average Bonchev–Trinajstić information content (AvgIpc) is 3.34. The van der Waals surface area contributed by atoms with Gasteiger partial charge in [-0.3, -0.25) is 4.68 Å². The van der Waals surface area contributed by atoms with E-state index in [1.54, 1.807) is 0 Å². The number of hydrogen-bond donors (Lipinski definition) is 0. The summed E-state index contributed by atoms with van der Waals surface area (Å²) in [6.45, 7) is 9.15. The minimum atomic E-state index is 0.606.